The third-order valence-electron chi connectivity index (χ3n) is 3.21. The Morgan fingerprint density at radius 2 is 1.90 bits per heavy atom. The topological polar surface area (TPSA) is 41.1 Å². The maximum atomic E-state index is 4.65. The Kier molecular flexibility index (Phi) is 5.56. The number of hydrogen-bond acceptors (Lipinski definition) is 4. The molecule has 0 amide bonds. The van der Waals surface area contributed by atoms with Crippen molar-refractivity contribution >= 4 is 27.6 Å². The first-order valence-electron chi connectivity index (χ1n) is 7.13. The molecule has 1 aromatic carbocycles. The van der Waals surface area contributed by atoms with Crippen LogP contribution in [0.3, 0.4) is 0 Å². The van der Waals surface area contributed by atoms with E-state index in [1.165, 1.54) is 5.56 Å². The number of aromatic nitrogens is 2. The molecule has 5 heteroatoms. The monoisotopic (exact) mass is 348 g/mol. The Hall–Kier alpha value is -1.62. The van der Waals surface area contributed by atoms with Gasteiger partial charge in [0.2, 0.25) is 0 Å². The average molecular weight is 349 g/mol. The van der Waals surface area contributed by atoms with Crippen LogP contribution in [0, 0.1) is 0 Å². The minimum Gasteiger partial charge on any atom is -0.373 e. The van der Waals surface area contributed by atoms with Gasteiger partial charge in [0.05, 0.1) is 0 Å². The number of benzene rings is 1. The smallest absolute Gasteiger partial charge is 0.134 e. The third-order valence-corrected chi connectivity index (χ3v) is 3.74. The van der Waals surface area contributed by atoms with Gasteiger partial charge >= 0.3 is 0 Å². The summed E-state index contributed by atoms with van der Waals surface area (Å²) in [7, 11) is 3.94. The Balaban J connectivity index is 2.19. The molecular weight excluding hydrogens is 328 g/mol. The van der Waals surface area contributed by atoms with Crippen LogP contribution in [0.25, 0.3) is 0 Å². The summed E-state index contributed by atoms with van der Waals surface area (Å²) < 4.78 is 1.10. The van der Waals surface area contributed by atoms with E-state index in [9.17, 15) is 0 Å². The lowest BCUT2D eigenvalue weighted by Gasteiger charge is -2.19. The maximum Gasteiger partial charge on any atom is 0.134 e. The van der Waals surface area contributed by atoms with Crippen molar-refractivity contribution in [2.75, 3.05) is 24.3 Å². The summed E-state index contributed by atoms with van der Waals surface area (Å²) in [6, 6.07) is 10.3. The minimum absolute atomic E-state index is 0.818. The summed E-state index contributed by atoms with van der Waals surface area (Å²) in [5.74, 6) is 2.70. The molecule has 0 radical (unpaired) electrons. The second kappa shape index (κ2) is 7.41. The predicted octanol–water partition coefficient (Wildman–Crippen LogP) is 3.87. The second-order valence-electron chi connectivity index (χ2n) is 5.01. The molecule has 112 valence electrons. The molecule has 0 bridgehead atoms. The minimum atomic E-state index is 0.818. The molecule has 0 spiro atoms. The van der Waals surface area contributed by atoms with Gasteiger partial charge in [-0.3, -0.25) is 0 Å². The second-order valence-corrected chi connectivity index (χ2v) is 5.93. The fourth-order valence-corrected chi connectivity index (χ4v) is 2.35. The molecule has 2 rings (SSSR count). The number of nitrogens with zero attached hydrogens (tertiary/aromatic N) is 3. The zero-order valence-corrected chi connectivity index (χ0v) is 14.3. The quantitative estimate of drug-likeness (QED) is 0.860. The summed E-state index contributed by atoms with van der Waals surface area (Å²) in [6.07, 6.45) is 1.94. The number of halogens is 1. The van der Waals surface area contributed by atoms with Crippen LogP contribution in [0.4, 0.5) is 11.6 Å². The van der Waals surface area contributed by atoms with Crippen molar-refractivity contribution in [1.29, 1.82) is 0 Å². The Morgan fingerprint density at radius 3 is 2.52 bits per heavy atom. The molecule has 1 heterocycles. The van der Waals surface area contributed by atoms with Gasteiger partial charge < -0.3 is 10.2 Å². The average Bonchev–Trinajstić information content (AvgIpc) is 2.49. The summed E-state index contributed by atoms with van der Waals surface area (Å²) in [5.41, 5.74) is 1.25. The number of rotatable bonds is 6. The molecule has 4 nitrogen and oxygen atoms in total. The predicted molar refractivity (Wildman–Crippen MR) is 91.8 cm³/mol. The Labute approximate surface area is 134 Å². The SMILES string of the molecule is CCCc1nc(NC)cc(N(C)Cc2ccc(Br)cc2)n1. The molecule has 0 saturated carbocycles. The van der Waals surface area contributed by atoms with Crippen molar-refractivity contribution in [1.82, 2.24) is 9.97 Å². The third kappa shape index (κ3) is 4.43. The van der Waals surface area contributed by atoms with Gasteiger partial charge in [0, 0.05) is 37.6 Å². The van der Waals surface area contributed by atoms with Crippen LogP contribution in [-0.2, 0) is 13.0 Å². The number of aryl methyl sites for hydroxylation is 1. The van der Waals surface area contributed by atoms with Crippen molar-refractivity contribution < 1.29 is 0 Å². The largest absolute Gasteiger partial charge is 0.373 e. The van der Waals surface area contributed by atoms with Gasteiger partial charge in [0.15, 0.2) is 0 Å². The molecule has 0 unspecified atom stereocenters. The summed E-state index contributed by atoms with van der Waals surface area (Å²) in [5, 5.41) is 3.11. The van der Waals surface area contributed by atoms with E-state index < -0.39 is 0 Å². The zero-order chi connectivity index (χ0) is 15.2. The highest BCUT2D eigenvalue weighted by Gasteiger charge is 2.08. The van der Waals surface area contributed by atoms with E-state index in [4.69, 9.17) is 0 Å². The van der Waals surface area contributed by atoms with Gasteiger partial charge in [0.1, 0.15) is 17.5 Å². The molecule has 0 aliphatic rings. The lowest BCUT2D eigenvalue weighted by molar-refractivity contribution is 0.813. The molecule has 0 fully saturated rings. The molecular formula is C16H21BrN4. The van der Waals surface area contributed by atoms with Crippen molar-refractivity contribution in [3.8, 4) is 0 Å². The van der Waals surface area contributed by atoms with Gasteiger partial charge in [0.25, 0.3) is 0 Å². The van der Waals surface area contributed by atoms with Crippen molar-refractivity contribution in [3.63, 3.8) is 0 Å². The highest BCUT2D eigenvalue weighted by Crippen LogP contribution is 2.18. The molecule has 0 saturated heterocycles. The zero-order valence-electron chi connectivity index (χ0n) is 12.7. The standard InChI is InChI=1S/C16H21BrN4/c1-4-5-14-19-15(18-2)10-16(20-14)21(3)11-12-6-8-13(17)9-7-12/h6-10H,4-5,11H2,1-3H3,(H,18,19,20). The van der Waals surface area contributed by atoms with Crippen molar-refractivity contribution in [2.24, 2.45) is 0 Å². The lowest BCUT2D eigenvalue weighted by atomic mass is 10.2. The molecule has 0 atom stereocenters. The van der Waals surface area contributed by atoms with Crippen LogP contribution >= 0.6 is 15.9 Å². The maximum absolute atomic E-state index is 4.65. The van der Waals surface area contributed by atoms with Crippen LogP contribution in [0.2, 0.25) is 0 Å². The van der Waals surface area contributed by atoms with Gasteiger partial charge in [-0.25, -0.2) is 9.97 Å². The van der Waals surface area contributed by atoms with Gasteiger partial charge in [-0.05, 0) is 24.1 Å². The molecule has 1 N–H and O–H groups in total. The summed E-state index contributed by atoms with van der Waals surface area (Å²) in [4.78, 5) is 11.3. The fourth-order valence-electron chi connectivity index (χ4n) is 2.09. The summed E-state index contributed by atoms with van der Waals surface area (Å²) in [6.45, 7) is 2.96. The highest BCUT2D eigenvalue weighted by atomic mass is 79.9. The molecule has 1 aromatic heterocycles. The van der Waals surface area contributed by atoms with Crippen LogP contribution in [0.15, 0.2) is 34.8 Å². The first-order valence-corrected chi connectivity index (χ1v) is 7.93. The van der Waals surface area contributed by atoms with E-state index in [1.807, 2.05) is 13.1 Å². The normalized spacial score (nSPS) is 10.5. The van der Waals surface area contributed by atoms with Gasteiger partial charge in [-0.15, -0.1) is 0 Å². The van der Waals surface area contributed by atoms with Crippen LogP contribution in [-0.4, -0.2) is 24.1 Å². The number of anilines is 2. The van der Waals surface area contributed by atoms with E-state index in [2.05, 4.69) is 74.4 Å². The Bertz CT molecular complexity index is 583. The number of nitrogens with one attached hydrogen (secondary N) is 1. The molecule has 0 aliphatic carbocycles. The van der Waals surface area contributed by atoms with Crippen LogP contribution in [0.1, 0.15) is 24.7 Å². The fraction of sp³-hybridized carbons (Fsp3) is 0.375. The van der Waals surface area contributed by atoms with Crippen molar-refractivity contribution in [3.05, 3.63) is 46.2 Å². The molecule has 0 aliphatic heterocycles. The summed E-state index contributed by atoms with van der Waals surface area (Å²) >= 11 is 3.46. The lowest BCUT2D eigenvalue weighted by Crippen LogP contribution is -2.19. The van der Waals surface area contributed by atoms with E-state index in [-0.39, 0.29) is 0 Å². The van der Waals surface area contributed by atoms with E-state index in [0.717, 1.165) is 41.3 Å². The van der Waals surface area contributed by atoms with E-state index in [0.29, 0.717) is 0 Å². The molecule has 2 aromatic rings. The first kappa shape index (κ1) is 15.8. The van der Waals surface area contributed by atoms with Crippen LogP contribution in [0.5, 0.6) is 0 Å². The first-order chi connectivity index (χ1) is 10.1. The molecule has 21 heavy (non-hydrogen) atoms. The van der Waals surface area contributed by atoms with Crippen molar-refractivity contribution in [2.45, 2.75) is 26.3 Å². The van der Waals surface area contributed by atoms with Gasteiger partial charge in [-0.1, -0.05) is 35.0 Å². The highest BCUT2D eigenvalue weighted by molar-refractivity contribution is 9.10. The Morgan fingerprint density at radius 1 is 1.19 bits per heavy atom. The van der Waals surface area contributed by atoms with Crippen LogP contribution < -0.4 is 10.2 Å². The van der Waals surface area contributed by atoms with E-state index in [1.54, 1.807) is 0 Å². The number of hydrogen-bond donors (Lipinski definition) is 1. The van der Waals surface area contributed by atoms with E-state index >= 15 is 0 Å². The van der Waals surface area contributed by atoms with Gasteiger partial charge in [-0.2, -0.15) is 0 Å².